The first-order valence-corrected chi connectivity index (χ1v) is 8.95. The minimum Gasteiger partial charge on any atom is -0.497 e. The van der Waals surface area contributed by atoms with Crippen LogP contribution in [0.1, 0.15) is 10.4 Å². The predicted molar refractivity (Wildman–Crippen MR) is 103 cm³/mol. The van der Waals surface area contributed by atoms with Crippen molar-refractivity contribution in [2.75, 3.05) is 12.4 Å². The molecule has 0 saturated heterocycles. The Morgan fingerprint density at radius 3 is 2.25 bits per heavy atom. The standard InChI is InChI=1S/C19H17F3N4OS/c1-12-11-17(23)26(28-12)18(25-15-7-9-16(27-2)10-8-15)24-14-5-3-13(4-6-14)19(20,21)22/h3-11,23H,1-2H3,(H,24,25). The quantitative estimate of drug-likeness (QED) is 0.474. The molecule has 0 unspecified atom stereocenters. The number of nitrogens with one attached hydrogen (secondary N) is 2. The molecule has 0 radical (unpaired) electrons. The van der Waals surface area contributed by atoms with Crippen molar-refractivity contribution < 1.29 is 17.9 Å². The lowest BCUT2D eigenvalue weighted by Crippen LogP contribution is -2.28. The Hall–Kier alpha value is -3.07. The van der Waals surface area contributed by atoms with E-state index in [-0.39, 0.29) is 5.49 Å². The molecule has 146 valence electrons. The second-order valence-electron chi connectivity index (χ2n) is 5.86. The van der Waals surface area contributed by atoms with Crippen LogP contribution in [0.3, 0.4) is 0 Å². The number of aryl methyl sites for hydroxylation is 1. The van der Waals surface area contributed by atoms with Crippen molar-refractivity contribution in [3.8, 4) is 5.75 Å². The number of alkyl halides is 3. The summed E-state index contributed by atoms with van der Waals surface area (Å²) in [6.45, 7) is 1.86. The van der Waals surface area contributed by atoms with E-state index in [0.29, 0.717) is 23.1 Å². The largest absolute Gasteiger partial charge is 0.497 e. The summed E-state index contributed by atoms with van der Waals surface area (Å²) in [5.41, 5.74) is 0.512. The van der Waals surface area contributed by atoms with Crippen LogP contribution in [0.4, 0.5) is 24.5 Å². The van der Waals surface area contributed by atoms with Gasteiger partial charge in [-0.15, -0.1) is 0 Å². The summed E-state index contributed by atoms with van der Waals surface area (Å²) in [6.07, 6.45) is -4.40. The second kappa shape index (κ2) is 7.89. The van der Waals surface area contributed by atoms with Crippen molar-refractivity contribution in [1.29, 1.82) is 5.41 Å². The molecule has 28 heavy (non-hydrogen) atoms. The maximum atomic E-state index is 12.8. The minimum absolute atomic E-state index is 0.217. The first-order chi connectivity index (χ1) is 13.3. The Labute approximate surface area is 163 Å². The van der Waals surface area contributed by atoms with Crippen LogP contribution in [-0.2, 0) is 6.18 Å². The molecule has 0 aliphatic carbocycles. The van der Waals surface area contributed by atoms with E-state index >= 15 is 0 Å². The highest BCUT2D eigenvalue weighted by molar-refractivity contribution is 7.07. The highest BCUT2D eigenvalue weighted by atomic mass is 32.1. The van der Waals surface area contributed by atoms with E-state index in [9.17, 15) is 13.2 Å². The van der Waals surface area contributed by atoms with Crippen LogP contribution < -0.4 is 15.5 Å². The van der Waals surface area contributed by atoms with E-state index in [1.807, 2.05) is 6.92 Å². The normalized spacial score (nSPS) is 12.1. The van der Waals surface area contributed by atoms with Crippen molar-refractivity contribution in [2.45, 2.75) is 13.1 Å². The molecule has 5 nitrogen and oxygen atoms in total. The maximum absolute atomic E-state index is 12.8. The zero-order chi connectivity index (χ0) is 20.3. The van der Waals surface area contributed by atoms with E-state index < -0.39 is 11.7 Å². The second-order valence-corrected chi connectivity index (χ2v) is 7.05. The highest BCUT2D eigenvalue weighted by Gasteiger charge is 2.29. The number of halogens is 3. The summed E-state index contributed by atoms with van der Waals surface area (Å²) in [5.74, 6) is 1.00. The maximum Gasteiger partial charge on any atom is 0.416 e. The lowest BCUT2D eigenvalue weighted by molar-refractivity contribution is -0.137. The topological polar surface area (TPSA) is 62.4 Å². The predicted octanol–water partition coefficient (Wildman–Crippen LogP) is 5.01. The molecule has 0 atom stereocenters. The molecule has 0 aliphatic heterocycles. The number of rotatable bonds is 3. The van der Waals surface area contributed by atoms with Gasteiger partial charge in [0.05, 0.1) is 18.4 Å². The lowest BCUT2D eigenvalue weighted by atomic mass is 10.2. The number of benzene rings is 2. The summed E-state index contributed by atoms with van der Waals surface area (Å²) in [7, 11) is 1.57. The van der Waals surface area contributed by atoms with Crippen molar-refractivity contribution in [3.05, 3.63) is 70.5 Å². The molecule has 2 N–H and O–H groups in total. The van der Waals surface area contributed by atoms with Crippen LogP contribution in [-0.4, -0.2) is 17.0 Å². The van der Waals surface area contributed by atoms with Crippen molar-refractivity contribution in [2.24, 2.45) is 4.99 Å². The Kier molecular flexibility index (Phi) is 5.55. The van der Waals surface area contributed by atoms with Gasteiger partial charge < -0.3 is 10.1 Å². The van der Waals surface area contributed by atoms with Gasteiger partial charge in [0.15, 0.2) is 0 Å². The number of hydrogen-bond acceptors (Lipinski definition) is 4. The number of aromatic nitrogens is 1. The SMILES string of the molecule is COc1ccc(NC(=Nc2ccc(C(F)(F)F)cc2)n2sc(C)cc2=N)cc1. The van der Waals surface area contributed by atoms with Gasteiger partial charge >= 0.3 is 6.18 Å². The third kappa shape index (κ3) is 4.61. The number of methoxy groups -OCH3 is 1. The number of nitrogens with zero attached hydrogens (tertiary/aromatic N) is 2. The van der Waals surface area contributed by atoms with Crippen molar-refractivity contribution in [1.82, 2.24) is 3.96 Å². The molecule has 0 fully saturated rings. The van der Waals surface area contributed by atoms with Gasteiger partial charge in [-0.2, -0.15) is 13.2 Å². The number of aliphatic imine (C=N–C) groups is 1. The smallest absolute Gasteiger partial charge is 0.416 e. The molecular formula is C19H17F3N4OS. The molecule has 2 aromatic carbocycles. The van der Waals surface area contributed by atoms with E-state index in [2.05, 4.69) is 10.3 Å². The summed E-state index contributed by atoms with van der Waals surface area (Å²) in [6, 6.07) is 13.3. The third-order valence-electron chi connectivity index (χ3n) is 3.76. The fraction of sp³-hybridized carbons (Fsp3) is 0.158. The van der Waals surface area contributed by atoms with Gasteiger partial charge in [0.25, 0.3) is 0 Å². The summed E-state index contributed by atoms with van der Waals surface area (Å²) < 4.78 is 45.0. The summed E-state index contributed by atoms with van der Waals surface area (Å²) in [5, 5.41) is 11.2. The Morgan fingerprint density at radius 2 is 1.75 bits per heavy atom. The van der Waals surface area contributed by atoms with E-state index in [4.69, 9.17) is 10.1 Å². The van der Waals surface area contributed by atoms with E-state index in [1.165, 1.54) is 23.7 Å². The number of ether oxygens (including phenoxy) is 1. The zero-order valence-corrected chi connectivity index (χ0v) is 15.9. The van der Waals surface area contributed by atoms with Gasteiger partial charge in [-0.25, -0.2) is 8.95 Å². The Balaban J connectivity index is 1.99. The molecule has 0 saturated carbocycles. The van der Waals surface area contributed by atoms with Crippen LogP contribution in [0.2, 0.25) is 0 Å². The van der Waals surface area contributed by atoms with Gasteiger partial charge in [-0.3, -0.25) is 5.41 Å². The van der Waals surface area contributed by atoms with E-state index in [1.54, 1.807) is 41.4 Å². The molecular weight excluding hydrogens is 389 g/mol. The molecule has 0 amide bonds. The Morgan fingerprint density at radius 1 is 1.11 bits per heavy atom. The monoisotopic (exact) mass is 406 g/mol. The fourth-order valence-electron chi connectivity index (χ4n) is 2.40. The molecule has 9 heteroatoms. The number of hydrogen-bond donors (Lipinski definition) is 2. The Bertz CT molecular complexity index is 1030. The molecule has 1 aromatic heterocycles. The summed E-state index contributed by atoms with van der Waals surface area (Å²) in [4.78, 5) is 5.33. The molecule has 3 aromatic rings. The zero-order valence-electron chi connectivity index (χ0n) is 15.0. The number of anilines is 1. The third-order valence-corrected chi connectivity index (χ3v) is 4.72. The lowest BCUT2D eigenvalue weighted by Gasteiger charge is -2.11. The van der Waals surface area contributed by atoms with Crippen LogP contribution in [0.15, 0.2) is 59.6 Å². The fourth-order valence-corrected chi connectivity index (χ4v) is 3.18. The average molecular weight is 406 g/mol. The van der Waals surface area contributed by atoms with Crippen molar-refractivity contribution in [3.63, 3.8) is 0 Å². The van der Waals surface area contributed by atoms with Gasteiger partial charge in [0.1, 0.15) is 11.2 Å². The van der Waals surface area contributed by atoms with Gasteiger partial charge in [0.2, 0.25) is 5.96 Å². The molecule has 0 bridgehead atoms. The van der Waals surface area contributed by atoms with Crippen LogP contribution in [0.25, 0.3) is 0 Å². The van der Waals surface area contributed by atoms with Crippen molar-refractivity contribution >= 4 is 28.9 Å². The average Bonchev–Trinajstić information content (AvgIpc) is 2.99. The van der Waals surface area contributed by atoms with Gasteiger partial charge in [-0.1, -0.05) is 11.5 Å². The molecule has 0 spiro atoms. The van der Waals surface area contributed by atoms with Gasteiger partial charge in [0, 0.05) is 10.6 Å². The van der Waals surface area contributed by atoms with Crippen LogP contribution in [0.5, 0.6) is 5.75 Å². The van der Waals surface area contributed by atoms with Gasteiger partial charge in [-0.05, 0) is 61.5 Å². The summed E-state index contributed by atoms with van der Waals surface area (Å²) >= 11 is 1.31. The minimum atomic E-state index is -4.40. The van der Waals surface area contributed by atoms with Crippen LogP contribution >= 0.6 is 11.5 Å². The molecule has 0 aliphatic rings. The molecule has 1 heterocycles. The van der Waals surface area contributed by atoms with E-state index in [0.717, 1.165) is 17.0 Å². The van der Waals surface area contributed by atoms with Crippen LogP contribution in [0, 0.1) is 12.3 Å². The highest BCUT2D eigenvalue weighted by Crippen LogP contribution is 2.30. The molecule has 3 rings (SSSR count). The first-order valence-electron chi connectivity index (χ1n) is 8.18. The first kappa shape index (κ1) is 19.7.